The molecule has 102 valence electrons. The SMILES string of the molecule is CNC(=O)COC(=O)CNC(=O)c1ccccc1Br. The van der Waals surface area contributed by atoms with E-state index in [1.165, 1.54) is 7.05 Å². The zero-order valence-corrected chi connectivity index (χ0v) is 11.8. The number of likely N-dealkylation sites (N-methyl/N-ethyl adjacent to an activating group) is 1. The summed E-state index contributed by atoms with van der Waals surface area (Å²) in [5, 5.41) is 4.71. The fourth-order valence-electron chi connectivity index (χ4n) is 1.16. The number of hydrogen-bond donors (Lipinski definition) is 2. The van der Waals surface area contributed by atoms with Crippen LogP contribution in [0.5, 0.6) is 0 Å². The van der Waals surface area contributed by atoms with Crippen LogP contribution < -0.4 is 10.6 Å². The van der Waals surface area contributed by atoms with E-state index >= 15 is 0 Å². The monoisotopic (exact) mass is 328 g/mol. The van der Waals surface area contributed by atoms with Crippen molar-refractivity contribution in [3.63, 3.8) is 0 Å². The van der Waals surface area contributed by atoms with Crippen LogP contribution in [0.4, 0.5) is 0 Å². The van der Waals surface area contributed by atoms with E-state index in [1.807, 2.05) is 0 Å². The molecule has 7 heteroatoms. The van der Waals surface area contributed by atoms with Gasteiger partial charge in [-0.1, -0.05) is 12.1 Å². The molecule has 0 aliphatic heterocycles. The van der Waals surface area contributed by atoms with Crippen LogP contribution >= 0.6 is 15.9 Å². The van der Waals surface area contributed by atoms with Crippen LogP contribution in [-0.4, -0.2) is 38.0 Å². The molecule has 0 radical (unpaired) electrons. The van der Waals surface area contributed by atoms with Crippen LogP contribution in [0.25, 0.3) is 0 Å². The minimum atomic E-state index is -0.677. The van der Waals surface area contributed by atoms with E-state index in [2.05, 4.69) is 31.3 Å². The van der Waals surface area contributed by atoms with E-state index in [4.69, 9.17) is 0 Å². The molecule has 6 nitrogen and oxygen atoms in total. The molecular weight excluding hydrogens is 316 g/mol. The van der Waals surface area contributed by atoms with Crippen molar-refractivity contribution in [3.05, 3.63) is 34.3 Å². The number of esters is 1. The summed E-state index contributed by atoms with van der Waals surface area (Å²) < 4.78 is 5.26. The summed E-state index contributed by atoms with van der Waals surface area (Å²) in [6.07, 6.45) is 0. The van der Waals surface area contributed by atoms with E-state index in [0.717, 1.165) is 0 Å². The Morgan fingerprint density at radius 3 is 2.58 bits per heavy atom. The number of halogens is 1. The Bertz CT molecular complexity index is 490. The van der Waals surface area contributed by atoms with Crippen molar-refractivity contribution in [3.8, 4) is 0 Å². The van der Waals surface area contributed by atoms with Gasteiger partial charge in [0.1, 0.15) is 6.54 Å². The summed E-state index contributed by atoms with van der Waals surface area (Å²) >= 11 is 3.23. The Morgan fingerprint density at radius 2 is 1.95 bits per heavy atom. The minimum Gasteiger partial charge on any atom is -0.454 e. The summed E-state index contributed by atoms with van der Waals surface area (Å²) in [6.45, 7) is -0.655. The van der Waals surface area contributed by atoms with Crippen molar-refractivity contribution in [2.24, 2.45) is 0 Å². The molecule has 1 aromatic carbocycles. The zero-order chi connectivity index (χ0) is 14.3. The van der Waals surface area contributed by atoms with Crippen molar-refractivity contribution < 1.29 is 19.1 Å². The van der Waals surface area contributed by atoms with Gasteiger partial charge in [-0.25, -0.2) is 0 Å². The number of rotatable bonds is 5. The van der Waals surface area contributed by atoms with Gasteiger partial charge >= 0.3 is 5.97 Å². The molecule has 0 aromatic heterocycles. The van der Waals surface area contributed by atoms with Crippen molar-refractivity contribution >= 4 is 33.7 Å². The lowest BCUT2D eigenvalue weighted by Gasteiger charge is -2.07. The highest BCUT2D eigenvalue weighted by molar-refractivity contribution is 9.10. The molecule has 1 rings (SSSR count). The highest BCUT2D eigenvalue weighted by Gasteiger charge is 2.12. The van der Waals surface area contributed by atoms with Crippen LogP contribution in [0.3, 0.4) is 0 Å². The molecule has 2 amide bonds. The van der Waals surface area contributed by atoms with Crippen molar-refractivity contribution in [2.75, 3.05) is 20.2 Å². The van der Waals surface area contributed by atoms with Gasteiger partial charge in [0.15, 0.2) is 6.61 Å². The van der Waals surface area contributed by atoms with Gasteiger partial charge in [0.05, 0.1) is 5.56 Å². The Kier molecular flexibility index (Phi) is 6.01. The predicted molar refractivity (Wildman–Crippen MR) is 71.5 cm³/mol. The van der Waals surface area contributed by atoms with Crippen LogP contribution in [0.2, 0.25) is 0 Å². The lowest BCUT2D eigenvalue weighted by molar-refractivity contribution is -0.147. The van der Waals surface area contributed by atoms with Gasteiger partial charge in [0, 0.05) is 11.5 Å². The fourth-order valence-corrected chi connectivity index (χ4v) is 1.63. The van der Waals surface area contributed by atoms with E-state index in [1.54, 1.807) is 24.3 Å². The lowest BCUT2D eigenvalue weighted by Crippen LogP contribution is -2.33. The third-order valence-corrected chi connectivity index (χ3v) is 2.85. The molecule has 0 aliphatic carbocycles. The highest BCUT2D eigenvalue weighted by Crippen LogP contribution is 2.15. The van der Waals surface area contributed by atoms with E-state index in [0.29, 0.717) is 10.0 Å². The minimum absolute atomic E-state index is 0.294. The normalized spacial score (nSPS) is 9.58. The first kappa shape index (κ1) is 15.2. The Morgan fingerprint density at radius 1 is 1.26 bits per heavy atom. The molecule has 0 aliphatic rings. The maximum Gasteiger partial charge on any atom is 0.325 e. The van der Waals surface area contributed by atoms with E-state index in [9.17, 15) is 14.4 Å². The van der Waals surface area contributed by atoms with Gasteiger partial charge in [-0.15, -0.1) is 0 Å². The van der Waals surface area contributed by atoms with Crippen LogP contribution in [0.1, 0.15) is 10.4 Å². The Balaban J connectivity index is 2.40. The number of carbonyl (C=O) groups is 3. The number of nitrogens with one attached hydrogen (secondary N) is 2. The topological polar surface area (TPSA) is 84.5 Å². The second kappa shape index (κ2) is 7.52. The molecule has 0 saturated heterocycles. The summed E-state index contributed by atoms with van der Waals surface area (Å²) in [7, 11) is 1.44. The fraction of sp³-hybridized carbons (Fsp3) is 0.250. The maximum absolute atomic E-state index is 11.7. The maximum atomic E-state index is 11.7. The van der Waals surface area contributed by atoms with Crippen LogP contribution in [0.15, 0.2) is 28.7 Å². The second-order valence-corrected chi connectivity index (χ2v) is 4.35. The second-order valence-electron chi connectivity index (χ2n) is 3.50. The number of hydrogen-bond acceptors (Lipinski definition) is 4. The molecule has 19 heavy (non-hydrogen) atoms. The standard InChI is InChI=1S/C12H13BrN2O4/c1-14-10(16)7-19-11(17)6-15-12(18)8-4-2-3-5-9(8)13/h2-5H,6-7H2,1H3,(H,14,16)(H,15,18). The van der Waals surface area contributed by atoms with Crippen LogP contribution in [-0.2, 0) is 14.3 Å². The molecular formula is C12H13BrN2O4. The summed E-state index contributed by atoms with van der Waals surface area (Å²) in [6, 6.07) is 6.83. The number of benzene rings is 1. The average Bonchev–Trinajstić information content (AvgIpc) is 2.42. The smallest absolute Gasteiger partial charge is 0.325 e. The lowest BCUT2D eigenvalue weighted by atomic mass is 10.2. The quantitative estimate of drug-likeness (QED) is 0.769. The average molecular weight is 329 g/mol. The zero-order valence-electron chi connectivity index (χ0n) is 10.2. The predicted octanol–water partition coefficient (Wildman–Crippen LogP) is 0.468. The van der Waals surface area contributed by atoms with Crippen molar-refractivity contribution in [1.82, 2.24) is 10.6 Å². The molecule has 1 aromatic rings. The molecule has 0 heterocycles. The van der Waals surface area contributed by atoms with Gasteiger partial charge in [-0.05, 0) is 28.1 Å². The highest BCUT2D eigenvalue weighted by atomic mass is 79.9. The molecule has 0 fully saturated rings. The first-order valence-corrected chi connectivity index (χ1v) is 6.23. The molecule has 0 unspecified atom stereocenters. The van der Waals surface area contributed by atoms with Gasteiger partial charge in [0.25, 0.3) is 11.8 Å². The largest absolute Gasteiger partial charge is 0.454 e. The third-order valence-electron chi connectivity index (χ3n) is 2.15. The molecule has 2 N–H and O–H groups in total. The van der Waals surface area contributed by atoms with Crippen LogP contribution in [0, 0.1) is 0 Å². The number of amides is 2. The third kappa shape index (κ3) is 5.09. The molecule has 0 bridgehead atoms. The van der Waals surface area contributed by atoms with E-state index < -0.39 is 17.8 Å². The van der Waals surface area contributed by atoms with Gasteiger partial charge in [-0.2, -0.15) is 0 Å². The first-order valence-electron chi connectivity index (χ1n) is 5.43. The number of carbonyl (C=O) groups excluding carboxylic acids is 3. The Hall–Kier alpha value is -1.89. The Labute approximate surface area is 118 Å². The first-order chi connectivity index (χ1) is 9.04. The molecule has 0 spiro atoms. The molecule has 0 saturated carbocycles. The summed E-state index contributed by atoms with van der Waals surface area (Å²) in [5.74, 6) is -1.49. The molecule has 0 atom stereocenters. The van der Waals surface area contributed by atoms with Gasteiger partial charge in [0.2, 0.25) is 0 Å². The van der Waals surface area contributed by atoms with Gasteiger partial charge < -0.3 is 15.4 Å². The number of ether oxygens (including phenoxy) is 1. The summed E-state index contributed by atoms with van der Waals surface area (Å²) in [4.78, 5) is 33.8. The van der Waals surface area contributed by atoms with E-state index in [-0.39, 0.29) is 13.2 Å². The van der Waals surface area contributed by atoms with Crippen molar-refractivity contribution in [1.29, 1.82) is 0 Å². The van der Waals surface area contributed by atoms with Gasteiger partial charge in [-0.3, -0.25) is 14.4 Å². The summed E-state index contributed by atoms with van der Waals surface area (Å²) in [5.41, 5.74) is 0.418. The van der Waals surface area contributed by atoms with Crippen molar-refractivity contribution in [2.45, 2.75) is 0 Å².